The predicted octanol–water partition coefficient (Wildman–Crippen LogP) is 3.93. The third-order valence-corrected chi connectivity index (χ3v) is 6.31. The van der Waals surface area contributed by atoms with Crippen LogP contribution in [0.25, 0.3) is 0 Å². The van der Waals surface area contributed by atoms with Crippen LogP contribution in [-0.2, 0) is 21.5 Å². The lowest BCUT2D eigenvalue weighted by Crippen LogP contribution is -2.49. The molecule has 1 aliphatic rings. The minimum Gasteiger partial charge on any atom is -0.482 e. The van der Waals surface area contributed by atoms with Gasteiger partial charge in [-0.05, 0) is 70.1 Å². The molecule has 31 heavy (non-hydrogen) atoms. The van der Waals surface area contributed by atoms with E-state index in [9.17, 15) is 9.59 Å². The van der Waals surface area contributed by atoms with Crippen LogP contribution in [-0.4, -0.2) is 55.4 Å². The van der Waals surface area contributed by atoms with Gasteiger partial charge in [0.2, 0.25) is 5.91 Å². The van der Waals surface area contributed by atoms with Crippen molar-refractivity contribution in [3.05, 3.63) is 58.6 Å². The monoisotopic (exact) mass is 443 g/mol. The molecule has 0 saturated carbocycles. The van der Waals surface area contributed by atoms with Crippen LogP contribution in [0.5, 0.6) is 5.75 Å². The summed E-state index contributed by atoms with van der Waals surface area (Å²) in [5.74, 6) is 0.226. The first-order valence-electron chi connectivity index (χ1n) is 10.6. The maximum Gasteiger partial charge on any atom is 0.260 e. The van der Waals surface area contributed by atoms with Gasteiger partial charge in [0, 0.05) is 18.8 Å². The molecule has 1 aliphatic carbocycles. The van der Waals surface area contributed by atoms with Crippen LogP contribution in [0.1, 0.15) is 31.4 Å². The smallest absolute Gasteiger partial charge is 0.260 e. The van der Waals surface area contributed by atoms with E-state index < -0.39 is 5.54 Å². The Labute approximate surface area is 189 Å². The van der Waals surface area contributed by atoms with Crippen molar-refractivity contribution in [3.63, 3.8) is 0 Å². The molecule has 2 aromatic rings. The highest BCUT2D eigenvalue weighted by Crippen LogP contribution is 2.41. The molecule has 6 nitrogen and oxygen atoms in total. The Morgan fingerprint density at radius 1 is 1.13 bits per heavy atom. The molecule has 2 aromatic carbocycles. The van der Waals surface area contributed by atoms with Crippen LogP contribution >= 0.6 is 11.6 Å². The van der Waals surface area contributed by atoms with E-state index in [1.54, 1.807) is 23.1 Å². The molecule has 0 radical (unpaired) electrons. The zero-order chi connectivity index (χ0) is 22.6. The molecular formula is C24H30ClN3O3. The van der Waals surface area contributed by atoms with Gasteiger partial charge < -0.3 is 15.0 Å². The summed E-state index contributed by atoms with van der Waals surface area (Å²) >= 11 is 6.37. The van der Waals surface area contributed by atoms with Crippen molar-refractivity contribution >= 4 is 29.1 Å². The Morgan fingerprint density at radius 2 is 1.84 bits per heavy atom. The normalized spacial score (nSPS) is 17.4. The second kappa shape index (κ2) is 9.71. The summed E-state index contributed by atoms with van der Waals surface area (Å²) in [5, 5.41) is 3.36. The van der Waals surface area contributed by atoms with E-state index >= 15 is 0 Å². The van der Waals surface area contributed by atoms with Crippen LogP contribution in [0.3, 0.4) is 0 Å². The number of rotatable bonds is 8. The highest BCUT2D eigenvalue weighted by Gasteiger charge is 2.47. The van der Waals surface area contributed by atoms with E-state index in [1.165, 1.54) is 5.56 Å². The lowest BCUT2D eigenvalue weighted by Gasteiger charge is -2.35. The van der Waals surface area contributed by atoms with Gasteiger partial charge in [-0.1, -0.05) is 35.9 Å². The minimum absolute atomic E-state index is 0.0758. The maximum atomic E-state index is 13.4. The summed E-state index contributed by atoms with van der Waals surface area (Å²) in [6.45, 7) is 5.04. The fourth-order valence-corrected chi connectivity index (χ4v) is 4.47. The Hall–Kier alpha value is -2.57. The number of halogens is 1. The van der Waals surface area contributed by atoms with E-state index in [0.717, 1.165) is 12.0 Å². The van der Waals surface area contributed by atoms with Crippen molar-refractivity contribution < 1.29 is 14.3 Å². The number of aryl methyl sites for hydroxylation is 1. The van der Waals surface area contributed by atoms with Gasteiger partial charge in [0.1, 0.15) is 11.3 Å². The van der Waals surface area contributed by atoms with Gasteiger partial charge >= 0.3 is 0 Å². The molecule has 2 amide bonds. The number of benzene rings is 2. The van der Waals surface area contributed by atoms with Crippen LogP contribution in [0.2, 0.25) is 5.02 Å². The average Bonchev–Trinajstić information content (AvgIpc) is 3.15. The number of amides is 2. The number of nitrogens with one attached hydrogen (secondary N) is 1. The fraction of sp³-hybridized carbons (Fsp3) is 0.417. The first-order chi connectivity index (χ1) is 14.8. The molecule has 0 aliphatic heterocycles. The molecule has 3 rings (SSSR count). The average molecular weight is 444 g/mol. The van der Waals surface area contributed by atoms with Gasteiger partial charge in [0.05, 0.1) is 5.02 Å². The van der Waals surface area contributed by atoms with Gasteiger partial charge in [-0.2, -0.15) is 0 Å². The van der Waals surface area contributed by atoms with Crippen molar-refractivity contribution in [2.24, 2.45) is 0 Å². The van der Waals surface area contributed by atoms with E-state index in [-0.39, 0.29) is 18.4 Å². The topological polar surface area (TPSA) is 61.9 Å². The van der Waals surface area contributed by atoms with Crippen LogP contribution < -0.4 is 10.1 Å². The molecule has 0 spiro atoms. The lowest BCUT2D eigenvalue weighted by atomic mass is 9.89. The molecule has 166 valence electrons. The largest absolute Gasteiger partial charge is 0.482 e. The van der Waals surface area contributed by atoms with Crippen molar-refractivity contribution in [1.29, 1.82) is 0 Å². The molecule has 0 heterocycles. The zero-order valence-corrected chi connectivity index (χ0v) is 19.3. The molecule has 0 fully saturated rings. The van der Waals surface area contributed by atoms with E-state index in [2.05, 4.69) is 11.4 Å². The summed E-state index contributed by atoms with van der Waals surface area (Å²) in [4.78, 5) is 29.2. The van der Waals surface area contributed by atoms with Crippen molar-refractivity contribution in [2.45, 2.75) is 32.2 Å². The Kier molecular flexibility index (Phi) is 7.23. The van der Waals surface area contributed by atoms with Crippen molar-refractivity contribution in [2.75, 3.05) is 39.1 Å². The van der Waals surface area contributed by atoms with Gasteiger partial charge in [-0.15, -0.1) is 0 Å². The SMILES string of the molecule is CCN(CC)C(=O)COc1ccc(NC(=O)[C@@]2(N(C)C)CCc3ccccc32)cc1Cl. The minimum atomic E-state index is -0.728. The van der Waals surface area contributed by atoms with Crippen molar-refractivity contribution in [1.82, 2.24) is 9.80 Å². The van der Waals surface area contributed by atoms with Gasteiger partial charge in [-0.25, -0.2) is 0 Å². The zero-order valence-electron chi connectivity index (χ0n) is 18.6. The molecule has 0 saturated heterocycles. The third-order valence-electron chi connectivity index (χ3n) is 6.02. The molecule has 1 N–H and O–H groups in total. The fourth-order valence-electron chi connectivity index (χ4n) is 4.23. The Bertz CT molecular complexity index is 959. The quantitative estimate of drug-likeness (QED) is 0.671. The number of hydrogen-bond donors (Lipinski definition) is 1. The van der Waals surface area contributed by atoms with E-state index in [1.807, 2.05) is 51.0 Å². The highest BCUT2D eigenvalue weighted by atomic mass is 35.5. The number of anilines is 1. The number of ether oxygens (including phenoxy) is 1. The number of fused-ring (bicyclic) bond motifs is 1. The molecule has 0 bridgehead atoms. The van der Waals surface area contributed by atoms with Gasteiger partial charge in [0.15, 0.2) is 6.61 Å². The molecule has 1 atom stereocenters. The standard InChI is InChI=1S/C24H30ClN3O3/c1-5-28(6-2)22(29)16-31-21-12-11-18(15-20(21)25)26-23(30)24(27(3)4)14-13-17-9-7-8-10-19(17)24/h7-12,15H,5-6,13-14,16H2,1-4H3,(H,26,30)/t24-/m1/s1. The number of hydrogen-bond acceptors (Lipinski definition) is 4. The molecule has 7 heteroatoms. The molecule has 0 unspecified atom stereocenters. The summed E-state index contributed by atoms with van der Waals surface area (Å²) in [7, 11) is 3.86. The second-order valence-corrected chi connectivity index (χ2v) is 8.27. The first-order valence-corrected chi connectivity index (χ1v) is 11.0. The second-order valence-electron chi connectivity index (χ2n) is 7.87. The summed E-state index contributed by atoms with van der Waals surface area (Å²) in [6.07, 6.45) is 1.57. The molecular weight excluding hydrogens is 414 g/mol. The van der Waals surface area contributed by atoms with Gasteiger partial charge in [0.25, 0.3) is 5.91 Å². The highest BCUT2D eigenvalue weighted by molar-refractivity contribution is 6.32. The summed E-state index contributed by atoms with van der Waals surface area (Å²) in [6, 6.07) is 13.2. The van der Waals surface area contributed by atoms with Crippen LogP contribution in [0.4, 0.5) is 5.69 Å². The number of likely N-dealkylation sites (N-methyl/N-ethyl adjacent to an activating group) is 2. The van der Waals surface area contributed by atoms with Gasteiger partial charge in [-0.3, -0.25) is 14.5 Å². The third kappa shape index (κ3) is 4.55. The molecule has 0 aromatic heterocycles. The number of nitrogens with zero attached hydrogens (tertiary/aromatic N) is 2. The summed E-state index contributed by atoms with van der Waals surface area (Å²) in [5.41, 5.74) is 2.10. The van der Waals surface area contributed by atoms with E-state index in [0.29, 0.717) is 36.0 Å². The lowest BCUT2D eigenvalue weighted by molar-refractivity contribution is -0.133. The predicted molar refractivity (Wildman–Crippen MR) is 124 cm³/mol. The van der Waals surface area contributed by atoms with Crippen molar-refractivity contribution in [3.8, 4) is 5.75 Å². The number of carbonyl (C=O) groups excluding carboxylic acids is 2. The van der Waals surface area contributed by atoms with Crippen LogP contribution in [0.15, 0.2) is 42.5 Å². The summed E-state index contributed by atoms with van der Waals surface area (Å²) < 4.78 is 5.60. The van der Waals surface area contributed by atoms with E-state index in [4.69, 9.17) is 16.3 Å². The van der Waals surface area contributed by atoms with Crippen LogP contribution in [0, 0.1) is 0 Å². The first kappa shape index (κ1) is 23.1. The number of carbonyl (C=O) groups is 2. The Balaban J connectivity index is 1.74. The maximum absolute atomic E-state index is 13.4. The Morgan fingerprint density at radius 3 is 2.48 bits per heavy atom.